The minimum Gasteiger partial charge on any atom is -0.354 e. The maximum absolute atomic E-state index is 11.3. The van der Waals surface area contributed by atoms with E-state index in [1.54, 1.807) is 6.92 Å². The monoisotopic (exact) mass is 279 g/mol. The fourth-order valence-corrected chi connectivity index (χ4v) is 2.36. The van der Waals surface area contributed by atoms with E-state index in [-0.39, 0.29) is 5.69 Å². The van der Waals surface area contributed by atoms with E-state index < -0.39 is 4.92 Å². The Labute approximate surface area is 118 Å². The molecule has 1 aliphatic rings. The first-order valence-corrected chi connectivity index (χ1v) is 6.92. The van der Waals surface area contributed by atoms with E-state index in [2.05, 4.69) is 22.2 Å². The molecule has 0 spiro atoms. The van der Waals surface area contributed by atoms with Gasteiger partial charge in [-0.1, -0.05) is 6.92 Å². The fourth-order valence-electron chi connectivity index (χ4n) is 2.36. The van der Waals surface area contributed by atoms with Crippen LogP contribution in [-0.4, -0.2) is 35.0 Å². The Morgan fingerprint density at radius 3 is 2.65 bits per heavy atom. The summed E-state index contributed by atoms with van der Waals surface area (Å²) in [7, 11) is 1.86. The molecule has 1 saturated carbocycles. The molecule has 0 saturated heterocycles. The molecule has 1 aromatic heterocycles. The third-order valence-electron chi connectivity index (χ3n) is 3.70. The molecule has 1 heterocycles. The quantitative estimate of drug-likeness (QED) is 0.635. The van der Waals surface area contributed by atoms with E-state index in [1.807, 2.05) is 18.9 Å². The first kappa shape index (κ1) is 14.5. The van der Waals surface area contributed by atoms with Gasteiger partial charge in [0, 0.05) is 20.1 Å². The standard InChI is InChI=1S/C13H21N5O2/c1-5-14-13-15-9(3)11(18(19)20)12(16-13)17(4)7-10-6-8(10)2/h8,10H,5-7H2,1-4H3,(H,14,15,16). The summed E-state index contributed by atoms with van der Waals surface area (Å²) in [5, 5.41) is 14.3. The SMILES string of the molecule is CCNc1nc(C)c([N+](=O)[O-])c(N(C)CC2CC2C)n1. The van der Waals surface area contributed by atoms with Gasteiger partial charge in [0.05, 0.1) is 4.92 Å². The molecular weight excluding hydrogens is 258 g/mol. The zero-order valence-corrected chi connectivity index (χ0v) is 12.4. The molecule has 1 N–H and O–H groups in total. The van der Waals surface area contributed by atoms with Gasteiger partial charge in [-0.25, -0.2) is 4.98 Å². The van der Waals surface area contributed by atoms with Gasteiger partial charge in [-0.2, -0.15) is 4.98 Å². The van der Waals surface area contributed by atoms with Crippen LogP contribution in [0.2, 0.25) is 0 Å². The predicted octanol–water partition coefficient (Wildman–Crippen LogP) is 2.22. The number of nitrogens with zero attached hydrogens (tertiary/aromatic N) is 4. The van der Waals surface area contributed by atoms with E-state index in [1.165, 1.54) is 6.42 Å². The van der Waals surface area contributed by atoms with Crippen LogP contribution >= 0.6 is 0 Å². The molecule has 7 heteroatoms. The number of hydrogen-bond donors (Lipinski definition) is 1. The first-order chi connectivity index (χ1) is 9.43. The highest BCUT2D eigenvalue weighted by molar-refractivity contribution is 5.62. The number of anilines is 2. The maximum Gasteiger partial charge on any atom is 0.332 e. The summed E-state index contributed by atoms with van der Waals surface area (Å²) in [5.74, 6) is 2.16. The Morgan fingerprint density at radius 1 is 1.50 bits per heavy atom. The van der Waals surface area contributed by atoms with E-state index in [0.717, 1.165) is 6.54 Å². The van der Waals surface area contributed by atoms with Crippen LogP contribution in [0.25, 0.3) is 0 Å². The second kappa shape index (κ2) is 5.60. The van der Waals surface area contributed by atoms with Crippen molar-refractivity contribution < 1.29 is 4.92 Å². The van der Waals surface area contributed by atoms with Gasteiger partial charge in [0.1, 0.15) is 5.69 Å². The molecule has 2 unspecified atom stereocenters. The van der Waals surface area contributed by atoms with Crippen LogP contribution in [0.15, 0.2) is 0 Å². The highest BCUT2D eigenvalue weighted by atomic mass is 16.6. The largest absolute Gasteiger partial charge is 0.354 e. The molecule has 2 rings (SSSR count). The number of rotatable bonds is 6. The van der Waals surface area contributed by atoms with Crippen molar-refractivity contribution in [2.45, 2.75) is 27.2 Å². The minimum atomic E-state index is -0.396. The summed E-state index contributed by atoms with van der Waals surface area (Å²) < 4.78 is 0. The molecule has 7 nitrogen and oxygen atoms in total. The molecule has 0 aromatic carbocycles. The van der Waals surface area contributed by atoms with Gasteiger partial charge in [-0.3, -0.25) is 10.1 Å². The average molecular weight is 279 g/mol. The number of nitrogens with one attached hydrogen (secondary N) is 1. The second-order valence-electron chi connectivity index (χ2n) is 5.45. The van der Waals surface area contributed by atoms with Crippen molar-refractivity contribution in [1.82, 2.24) is 9.97 Å². The molecule has 0 aliphatic heterocycles. The highest BCUT2D eigenvalue weighted by Gasteiger charge is 2.35. The molecule has 1 aliphatic carbocycles. The predicted molar refractivity (Wildman–Crippen MR) is 78.1 cm³/mol. The Hall–Kier alpha value is -1.92. The average Bonchev–Trinajstić information content (AvgIpc) is 3.03. The summed E-state index contributed by atoms with van der Waals surface area (Å²) in [6.45, 7) is 7.26. The van der Waals surface area contributed by atoms with Gasteiger partial charge >= 0.3 is 5.69 Å². The number of aromatic nitrogens is 2. The molecule has 0 radical (unpaired) electrons. The van der Waals surface area contributed by atoms with Crippen molar-refractivity contribution in [3.8, 4) is 0 Å². The molecule has 110 valence electrons. The van der Waals surface area contributed by atoms with Crippen LogP contribution in [0.3, 0.4) is 0 Å². The van der Waals surface area contributed by atoms with Gasteiger partial charge in [-0.05, 0) is 32.1 Å². The smallest absolute Gasteiger partial charge is 0.332 e. The number of aryl methyl sites for hydroxylation is 1. The molecule has 1 fully saturated rings. The van der Waals surface area contributed by atoms with Crippen molar-refractivity contribution in [3.63, 3.8) is 0 Å². The summed E-state index contributed by atoms with van der Waals surface area (Å²) >= 11 is 0. The van der Waals surface area contributed by atoms with Crippen molar-refractivity contribution in [2.75, 3.05) is 30.4 Å². The van der Waals surface area contributed by atoms with Gasteiger partial charge in [0.15, 0.2) is 0 Å². The lowest BCUT2D eigenvalue weighted by molar-refractivity contribution is -0.385. The Balaban J connectivity index is 2.33. The Kier molecular flexibility index (Phi) is 4.06. The van der Waals surface area contributed by atoms with Crippen LogP contribution in [0.5, 0.6) is 0 Å². The molecule has 0 amide bonds. The van der Waals surface area contributed by atoms with Gasteiger partial charge in [0.25, 0.3) is 0 Å². The fraction of sp³-hybridized carbons (Fsp3) is 0.692. The Bertz CT molecular complexity index is 520. The van der Waals surface area contributed by atoms with Crippen molar-refractivity contribution in [2.24, 2.45) is 11.8 Å². The lowest BCUT2D eigenvalue weighted by Gasteiger charge is -2.19. The van der Waals surface area contributed by atoms with E-state index in [0.29, 0.717) is 35.8 Å². The van der Waals surface area contributed by atoms with Crippen LogP contribution in [0.4, 0.5) is 17.5 Å². The number of hydrogen-bond acceptors (Lipinski definition) is 6. The van der Waals surface area contributed by atoms with Crippen LogP contribution in [-0.2, 0) is 0 Å². The van der Waals surface area contributed by atoms with Crippen LogP contribution in [0, 0.1) is 28.9 Å². The molecule has 1 aromatic rings. The topological polar surface area (TPSA) is 84.2 Å². The summed E-state index contributed by atoms with van der Waals surface area (Å²) in [6.07, 6.45) is 1.18. The summed E-state index contributed by atoms with van der Waals surface area (Å²) in [6, 6.07) is 0. The minimum absolute atomic E-state index is 0.00227. The van der Waals surface area contributed by atoms with Gasteiger partial charge < -0.3 is 10.2 Å². The molecule has 2 atom stereocenters. The lowest BCUT2D eigenvalue weighted by Crippen LogP contribution is -2.24. The summed E-state index contributed by atoms with van der Waals surface area (Å²) in [4.78, 5) is 21.2. The maximum atomic E-state index is 11.3. The zero-order valence-electron chi connectivity index (χ0n) is 12.4. The number of nitro groups is 1. The first-order valence-electron chi connectivity index (χ1n) is 6.92. The van der Waals surface area contributed by atoms with Crippen molar-refractivity contribution in [1.29, 1.82) is 0 Å². The van der Waals surface area contributed by atoms with Crippen LogP contribution in [0.1, 0.15) is 26.0 Å². The second-order valence-corrected chi connectivity index (χ2v) is 5.45. The van der Waals surface area contributed by atoms with Crippen molar-refractivity contribution in [3.05, 3.63) is 15.8 Å². The van der Waals surface area contributed by atoms with Crippen LogP contribution < -0.4 is 10.2 Å². The van der Waals surface area contributed by atoms with E-state index in [4.69, 9.17) is 0 Å². The molecular formula is C13H21N5O2. The normalized spacial score (nSPS) is 20.6. The third kappa shape index (κ3) is 2.97. The van der Waals surface area contributed by atoms with Crippen molar-refractivity contribution >= 4 is 17.5 Å². The summed E-state index contributed by atoms with van der Waals surface area (Å²) in [5.41, 5.74) is 0.397. The lowest BCUT2D eigenvalue weighted by atomic mass is 10.3. The van der Waals surface area contributed by atoms with E-state index in [9.17, 15) is 10.1 Å². The highest BCUT2D eigenvalue weighted by Crippen LogP contribution is 2.39. The third-order valence-corrected chi connectivity index (χ3v) is 3.70. The zero-order chi connectivity index (χ0) is 14.9. The molecule has 20 heavy (non-hydrogen) atoms. The van der Waals surface area contributed by atoms with Gasteiger partial charge in [0.2, 0.25) is 11.8 Å². The van der Waals surface area contributed by atoms with E-state index >= 15 is 0 Å². The van der Waals surface area contributed by atoms with Gasteiger partial charge in [-0.15, -0.1) is 0 Å². The Morgan fingerprint density at radius 2 is 2.15 bits per heavy atom. The molecule has 0 bridgehead atoms.